The Kier molecular flexibility index (Phi) is 4.21. The van der Waals surface area contributed by atoms with Gasteiger partial charge in [-0.1, -0.05) is 35.9 Å². The van der Waals surface area contributed by atoms with Gasteiger partial charge in [0.05, 0.1) is 24.7 Å². The largest absolute Gasteiger partial charge is 0.468 e. The molecule has 3 aromatic rings. The van der Waals surface area contributed by atoms with E-state index in [1.54, 1.807) is 4.57 Å². The number of aromatic nitrogens is 2. The predicted molar refractivity (Wildman–Crippen MR) is 88.4 cm³/mol. The molecule has 6 heteroatoms. The van der Waals surface area contributed by atoms with Crippen LogP contribution in [-0.2, 0) is 22.6 Å². The zero-order valence-corrected chi connectivity index (χ0v) is 13.4. The number of rotatable bonds is 4. The number of carbonyl (C=O) groups is 1. The minimum Gasteiger partial charge on any atom is -0.468 e. The minimum atomic E-state index is -0.377. The maximum absolute atomic E-state index is 11.6. The van der Waals surface area contributed by atoms with Crippen LogP contribution in [0, 0.1) is 5.41 Å². The van der Waals surface area contributed by atoms with Gasteiger partial charge in [0, 0.05) is 5.02 Å². The smallest absolute Gasteiger partial charge is 0.325 e. The highest BCUT2D eigenvalue weighted by molar-refractivity contribution is 6.30. The fourth-order valence-electron chi connectivity index (χ4n) is 2.58. The second kappa shape index (κ2) is 6.30. The maximum atomic E-state index is 11.6. The van der Waals surface area contributed by atoms with E-state index in [-0.39, 0.29) is 18.1 Å². The van der Waals surface area contributed by atoms with Crippen molar-refractivity contribution in [3.05, 3.63) is 64.7 Å². The minimum absolute atomic E-state index is 0.0173. The normalized spacial score (nSPS) is 10.9. The summed E-state index contributed by atoms with van der Waals surface area (Å²) in [6, 6.07) is 15.2. The van der Waals surface area contributed by atoms with Crippen molar-refractivity contribution < 1.29 is 9.53 Å². The molecule has 0 spiro atoms. The number of fused-ring (bicyclic) bond motifs is 1. The molecule has 3 rings (SSSR count). The Morgan fingerprint density at radius 3 is 2.30 bits per heavy atom. The van der Waals surface area contributed by atoms with Gasteiger partial charge in [0.2, 0.25) is 5.62 Å². The molecule has 118 valence electrons. The molecule has 0 fully saturated rings. The lowest BCUT2D eigenvalue weighted by molar-refractivity contribution is -0.141. The highest BCUT2D eigenvalue weighted by atomic mass is 35.5. The lowest BCUT2D eigenvalue weighted by atomic mass is 10.2. The van der Waals surface area contributed by atoms with Gasteiger partial charge in [-0.3, -0.25) is 14.8 Å². The topological polar surface area (TPSA) is 60.0 Å². The van der Waals surface area contributed by atoms with Gasteiger partial charge in [-0.25, -0.2) is 0 Å². The molecule has 0 atom stereocenters. The number of carbonyl (C=O) groups excluding carboxylic acids is 1. The first kappa shape index (κ1) is 15.4. The number of benzene rings is 2. The van der Waals surface area contributed by atoms with E-state index in [9.17, 15) is 4.79 Å². The van der Waals surface area contributed by atoms with Crippen molar-refractivity contribution in [3.63, 3.8) is 0 Å². The van der Waals surface area contributed by atoms with Crippen LogP contribution in [0.2, 0.25) is 5.02 Å². The van der Waals surface area contributed by atoms with E-state index >= 15 is 0 Å². The highest BCUT2D eigenvalue weighted by Crippen LogP contribution is 2.16. The summed E-state index contributed by atoms with van der Waals surface area (Å²) in [7, 11) is 1.35. The Bertz CT molecular complexity index is 910. The number of esters is 1. The number of ether oxygens (including phenoxy) is 1. The van der Waals surface area contributed by atoms with Gasteiger partial charge < -0.3 is 9.30 Å². The van der Waals surface area contributed by atoms with Crippen LogP contribution in [0.15, 0.2) is 48.5 Å². The fourth-order valence-corrected chi connectivity index (χ4v) is 2.71. The molecule has 0 aliphatic rings. The predicted octanol–water partition coefficient (Wildman–Crippen LogP) is 2.80. The van der Waals surface area contributed by atoms with Gasteiger partial charge in [-0.05, 0) is 29.8 Å². The van der Waals surface area contributed by atoms with E-state index in [0.717, 1.165) is 16.6 Å². The van der Waals surface area contributed by atoms with Crippen molar-refractivity contribution in [2.75, 3.05) is 7.11 Å². The summed E-state index contributed by atoms with van der Waals surface area (Å²) in [5.74, 6) is -0.377. The van der Waals surface area contributed by atoms with Gasteiger partial charge in [-0.15, -0.1) is 0 Å². The average molecular weight is 330 g/mol. The first-order valence-electron chi connectivity index (χ1n) is 7.14. The molecule has 1 heterocycles. The lowest BCUT2D eigenvalue weighted by Gasteiger charge is -2.05. The molecule has 23 heavy (non-hydrogen) atoms. The number of hydrogen-bond acceptors (Lipinski definition) is 3. The third-order valence-corrected chi connectivity index (χ3v) is 4.00. The van der Waals surface area contributed by atoms with Gasteiger partial charge in [0.1, 0.15) is 6.54 Å². The second-order valence-corrected chi connectivity index (χ2v) is 5.62. The Morgan fingerprint density at radius 2 is 1.70 bits per heavy atom. The van der Waals surface area contributed by atoms with Crippen LogP contribution in [0.1, 0.15) is 5.56 Å². The van der Waals surface area contributed by atoms with E-state index in [4.69, 9.17) is 21.7 Å². The maximum Gasteiger partial charge on any atom is 0.325 e. The molecule has 1 aromatic heterocycles. The summed E-state index contributed by atoms with van der Waals surface area (Å²) in [6.45, 7) is 0.550. The van der Waals surface area contributed by atoms with Crippen LogP contribution in [0.25, 0.3) is 11.0 Å². The van der Waals surface area contributed by atoms with E-state index in [1.807, 2.05) is 53.1 Å². The number of nitrogens with one attached hydrogen (secondary N) is 1. The zero-order chi connectivity index (χ0) is 16.4. The van der Waals surface area contributed by atoms with E-state index in [2.05, 4.69) is 0 Å². The van der Waals surface area contributed by atoms with Gasteiger partial charge in [0.25, 0.3) is 0 Å². The molecular weight excluding hydrogens is 314 g/mol. The van der Waals surface area contributed by atoms with Crippen LogP contribution in [0.5, 0.6) is 0 Å². The van der Waals surface area contributed by atoms with Crippen molar-refractivity contribution in [1.82, 2.24) is 9.13 Å². The molecule has 2 aromatic carbocycles. The van der Waals surface area contributed by atoms with Gasteiger partial charge in [0.15, 0.2) is 0 Å². The third-order valence-electron chi connectivity index (χ3n) is 3.74. The van der Waals surface area contributed by atoms with E-state index in [1.165, 1.54) is 7.11 Å². The molecule has 0 bridgehead atoms. The Morgan fingerprint density at radius 1 is 1.09 bits per heavy atom. The summed E-state index contributed by atoms with van der Waals surface area (Å²) in [5, 5.41) is 9.11. The standard InChI is InChI=1S/C17H16ClN3O2/c1-23-16(22)11-21-15-5-3-2-4-14(15)20(17(21)19)10-12-6-8-13(18)9-7-12/h2-9,19H,10-11H2,1H3. The van der Waals surface area contributed by atoms with Crippen molar-refractivity contribution >= 4 is 28.6 Å². The molecule has 5 nitrogen and oxygen atoms in total. The van der Waals surface area contributed by atoms with Crippen LogP contribution < -0.4 is 5.62 Å². The molecular formula is C17H16ClN3O2. The third kappa shape index (κ3) is 3.00. The van der Waals surface area contributed by atoms with Crippen LogP contribution in [-0.4, -0.2) is 22.2 Å². The summed E-state index contributed by atoms with van der Waals surface area (Å²) in [4.78, 5) is 11.6. The first-order valence-corrected chi connectivity index (χ1v) is 7.52. The van der Waals surface area contributed by atoms with Crippen LogP contribution in [0.3, 0.4) is 0 Å². The monoisotopic (exact) mass is 329 g/mol. The SMILES string of the molecule is COC(=O)Cn1c(=N)n(Cc2ccc(Cl)cc2)c2ccccc21. The molecule has 0 amide bonds. The number of hydrogen-bond donors (Lipinski definition) is 1. The molecule has 0 radical (unpaired) electrons. The van der Waals surface area contributed by atoms with Gasteiger partial charge in [-0.2, -0.15) is 0 Å². The summed E-state index contributed by atoms with van der Waals surface area (Å²) >= 11 is 5.92. The van der Waals surface area contributed by atoms with Crippen molar-refractivity contribution in [3.8, 4) is 0 Å². The molecule has 0 saturated carbocycles. The van der Waals surface area contributed by atoms with Crippen LogP contribution in [0.4, 0.5) is 0 Å². The molecule has 0 saturated heterocycles. The lowest BCUT2D eigenvalue weighted by Crippen LogP contribution is -2.28. The van der Waals surface area contributed by atoms with Gasteiger partial charge >= 0.3 is 5.97 Å². The number of halogens is 1. The van der Waals surface area contributed by atoms with E-state index < -0.39 is 0 Å². The summed E-state index contributed by atoms with van der Waals surface area (Å²) < 4.78 is 8.24. The quantitative estimate of drug-likeness (QED) is 0.748. The average Bonchev–Trinajstić information content (AvgIpc) is 2.82. The Balaban J connectivity index is 2.09. The molecule has 0 unspecified atom stereocenters. The molecule has 1 N–H and O–H groups in total. The molecule has 0 aliphatic carbocycles. The van der Waals surface area contributed by atoms with Crippen molar-refractivity contribution in [2.24, 2.45) is 0 Å². The van der Waals surface area contributed by atoms with Crippen LogP contribution >= 0.6 is 11.6 Å². The first-order chi connectivity index (χ1) is 11.1. The Labute approximate surface area is 138 Å². The number of imidazole rings is 1. The number of para-hydroxylation sites is 2. The number of nitrogens with zero attached hydrogens (tertiary/aromatic N) is 2. The summed E-state index contributed by atoms with van der Waals surface area (Å²) in [6.07, 6.45) is 0. The van der Waals surface area contributed by atoms with E-state index in [0.29, 0.717) is 11.6 Å². The number of methoxy groups -OCH3 is 1. The fraction of sp³-hybridized carbons (Fsp3) is 0.176. The zero-order valence-electron chi connectivity index (χ0n) is 12.6. The second-order valence-electron chi connectivity index (χ2n) is 5.19. The molecule has 0 aliphatic heterocycles. The van der Waals surface area contributed by atoms with Crippen molar-refractivity contribution in [2.45, 2.75) is 13.1 Å². The Hall–Kier alpha value is -2.53. The van der Waals surface area contributed by atoms with Crippen molar-refractivity contribution in [1.29, 1.82) is 5.41 Å². The highest BCUT2D eigenvalue weighted by Gasteiger charge is 2.13. The summed E-state index contributed by atoms with van der Waals surface area (Å²) in [5.41, 5.74) is 3.02.